The molecular weight excluding hydrogens is 275 g/mol. The second-order valence-electron chi connectivity index (χ2n) is 5.83. The first kappa shape index (κ1) is 14.2. The predicted molar refractivity (Wildman–Crippen MR) is 82.0 cm³/mol. The molecule has 0 radical (unpaired) electrons. The maximum atomic E-state index is 13.8. The number of piperazine rings is 1. The minimum atomic E-state index is -0.185. The lowest BCUT2D eigenvalue weighted by molar-refractivity contribution is 0.187. The van der Waals surface area contributed by atoms with E-state index in [1.165, 1.54) is 31.7 Å². The van der Waals surface area contributed by atoms with Crippen molar-refractivity contribution in [2.24, 2.45) is 0 Å². The molecule has 110 valence electrons. The van der Waals surface area contributed by atoms with E-state index in [4.69, 9.17) is 11.6 Å². The number of anilines is 1. The maximum Gasteiger partial charge on any atom is 0.129 e. The highest BCUT2D eigenvalue weighted by Gasteiger charge is 2.27. The average Bonchev–Trinajstić information content (AvgIpc) is 3.01. The molecule has 0 bridgehead atoms. The molecule has 0 N–H and O–H groups in total. The van der Waals surface area contributed by atoms with E-state index in [0.29, 0.717) is 5.56 Å². The summed E-state index contributed by atoms with van der Waals surface area (Å²) in [4.78, 5) is 4.90. The van der Waals surface area contributed by atoms with Crippen LogP contribution in [0.3, 0.4) is 0 Å². The van der Waals surface area contributed by atoms with Gasteiger partial charge in [-0.05, 0) is 25.0 Å². The Morgan fingerprint density at radius 3 is 2.45 bits per heavy atom. The summed E-state index contributed by atoms with van der Waals surface area (Å²) in [5.74, 6) is 0.0564. The van der Waals surface area contributed by atoms with E-state index in [1.54, 1.807) is 6.07 Å². The van der Waals surface area contributed by atoms with Crippen LogP contribution >= 0.6 is 11.6 Å². The molecule has 1 saturated carbocycles. The second-order valence-corrected chi connectivity index (χ2v) is 6.10. The average molecular weight is 297 g/mol. The zero-order valence-electron chi connectivity index (χ0n) is 11.8. The van der Waals surface area contributed by atoms with Gasteiger partial charge in [0.15, 0.2) is 0 Å². The molecule has 0 spiro atoms. The van der Waals surface area contributed by atoms with E-state index in [1.807, 2.05) is 6.07 Å². The fourth-order valence-corrected chi connectivity index (χ4v) is 3.84. The third kappa shape index (κ3) is 2.79. The Morgan fingerprint density at radius 1 is 1.10 bits per heavy atom. The molecule has 2 aliphatic rings. The van der Waals surface area contributed by atoms with Gasteiger partial charge in [0.1, 0.15) is 5.82 Å². The Labute approximate surface area is 125 Å². The summed E-state index contributed by atoms with van der Waals surface area (Å²) < 4.78 is 13.8. The lowest BCUT2D eigenvalue weighted by Crippen LogP contribution is -2.50. The Balaban J connectivity index is 1.67. The summed E-state index contributed by atoms with van der Waals surface area (Å²) in [6, 6.07) is 6.06. The largest absolute Gasteiger partial charge is 0.369 e. The van der Waals surface area contributed by atoms with E-state index in [-0.39, 0.29) is 11.7 Å². The van der Waals surface area contributed by atoms with Crippen molar-refractivity contribution >= 4 is 17.3 Å². The first-order chi connectivity index (χ1) is 9.79. The van der Waals surface area contributed by atoms with Crippen LogP contribution in [0, 0.1) is 5.82 Å². The summed E-state index contributed by atoms with van der Waals surface area (Å²) in [6.07, 6.45) is 5.47. The lowest BCUT2D eigenvalue weighted by atomic mass is 10.1. The Morgan fingerprint density at radius 2 is 1.80 bits per heavy atom. The highest BCUT2D eigenvalue weighted by atomic mass is 35.5. The van der Waals surface area contributed by atoms with Crippen LogP contribution in [0.4, 0.5) is 10.1 Å². The minimum Gasteiger partial charge on any atom is -0.369 e. The summed E-state index contributed by atoms with van der Waals surface area (Å²) in [7, 11) is 0. The van der Waals surface area contributed by atoms with Crippen molar-refractivity contribution in [1.82, 2.24) is 4.90 Å². The first-order valence-electron chi connectivity index (χ1n) is 7.62. The molecule has 0 unspecified atom stereocenters. The van der Waals surface area contributed by atoms with Crippen LogP contribution in [-0.2, 0) is 5.88 Å². The molecule has 3 rings (SSSR count). The maximum absolute atomic E-state index is 13.8. The van der Waals surface area contributed by atoms with Crippen molar-refractivity contribution < 1.29 is 4.39 Å². The molecule has 1 saturated heterocycles. The minimum absolute atomic E-state index is 0.185. The van der Waals surface area contributed by atoms with Crippen molar-refractivity contribution in [1.29, 1.82) is 0 Å². The third-order valence-electron chi connectivity index (χ3n) is 4.72. The molecule has 1 aliphatic heterocycles. The highest BCUT2D eigenvalue weighted by Crippen LogP contribution is 2.28. The van der Waals surface area contributed by atoms with E-state index >= 15 is 0 Å². The quantitative estimate of drug-likeness (QED) is 0.786. The van der Waals surface area contributed by atoms with Crippen LogP contribution in [0.25, 0.3) is 0 Å². The van der Waals surface area contributed by atoms with Crippen molar-refractivity contribution in [2.45, 2.75) is 37.6 Å². The van der Waals surface area contributed by atoms with E-state index in [0.717, 1.165) is 37.9 Å². The van der Waals surface area contributed by atoms with Gasteiger partial charge in [0.2, 0.25) is 0 Å². The molecule has 1 heterocycles. The number of nitrogens with zero attached hydrogens (tertiary/aromatic N) is 2. The van der Waals surface area contributed by atoms with Gasteiger partial charge in [0, 0.05) is 43.5 Å². The predicted octanol–water partition coefficient (Wildman–Crippen LogP) is 3.63. The first-order valence-corrected chi connectivity index (χ1v) is 8.15. The van der Waals surface area contributed by atoms with Gasteiger partial charge in [-0.2, -0.15) is 0 Å². The molecule has 0 atom stereocenters. The molecule has 1 aromatic carbocycles. The molecule has 1 aliphatic carbocycles. The summed E-state index contributed by atoms with van der Waals surface area (Å²) in [5, 5.41) is 0. The van der Waals surface area contributed by atoms with Crippen molar-refractivity contribution in [3.8, 4) is 0 Å². The smallest absolute Gasteiger partial charge is 0.129 e. The van der Waals surface area contributed by atoms with Crippen LogP contribution in [0.2, 0.25) is 0 Å². The zero-order valence-corrected chi connectivity index (χ0v) is 12.6. The van der Waals surface area contributed by atoms with Gasteiger partial charge in [-0.1, -0.05) is 18.9 Å². The second kappa shape index (κ2) is 6.31. The normalized spacial score (nSPS) is 21.6. The molecule has 1 aromatic rings. The summed E-state index contributed by atoms with van der Waals surface area (Å²) in [5.41, 5.74) is 1.62. The van der Waals surface area contributed by atoms with Crippen molar-refractivity contribution in [3.05, 3.63) is 29.6 Å². The Bertz CT molecular complexity index is 452. The van der Waals surface area contributed by atoms with Gasteiger partial charge in [-0.3, -0.25) is 4.90 Å². The SMILES string of the molecule is Fc1cccc(N2CCN(C3CCCC3)CC2)c1CCl. The van der Waals surface area contributed by atoms with Crippen LogP contribution < -0.4 is 4.90 Å². The molecular formula is C16H22ClFN2. The monoisotopic (exact) mass is 296 g/mol. The third-order valence-corrected chi connectivity index (χ3v) is 4.99. The van der Waals surface area contributed by atoms with Gasteiger partial charge >= 0.3 is 0 Å². The van der Waals surface area contributed by atoms with Gasteiger partial charge in [0.05, 0.1) is 5.88 Å². The lowest BCUT2D eigenvalue weighted by Gasteiger charge is -2.39. The topological polar surface area (TPSA) is 6.48 Å². The van der Waals surface area contributed by atoms with Gasteiger partial charge in [0.25, 0.3) is 0 Å². The fourth-order valence-electron chi connectivity index (χ4n) is 3.57. The Hall–Kier alpha value is -0.800. The van der Waals surface area contributed by atoms with Gasteiger partial charge in [-0.15, -0.1) is 11.6 Å². The number of rotatable bonds is 3. The summed E-state index contributed by atoms with van der Waals surface area (Å²) >= 11 is 5.91. The number of halogens is 2. The molecule has 2 fully saturated rings. The fraction of sp³-hybridized carbons (Fsp3) is 0.625. The zero-order chi connectivity index (χ0) is 13.9. The van der Waals surface area contributed by atoms with Gasteiger partial charge < -0.3 is 4.90 Å². The van der Waals surface area contributed by atoms with E-state index < -0.39 is 0 Å². The van der Waals surface area contributed by atoms with Crippen molar-refractivity contribution in [3.63, 3.8) is 0 Å². The van der Waals surface area contributed by atoms with Crippen LogP contribution in [-0.4, -0.2) is 37.1 Å². The summed E-state index contributed by atoms with van der Waals surface area (Å²) in [6.45, 7) is 4.12. The van der Waals surface area contributed by atoms with Crippen LogP contribution in [0.5, 0.6) is 0 Å². The number of alkyl halides is 1. The molecule has 20 heavy (non-hydrogen) atoms. The molecule has 0 aromatic heterocycles. The van der Waals surface area contributed by atoms with Gasteiger partial charge in [-0.25, -0.2) is 4.39 Å². The molecule has 2 nitrogen and oxygen atoms in total. The number of hydrogen-bond donors (Lipinski definition) is 0. The van der Waals surface area contributed by atoms with E-state index in [2.05, 4.69) is 9.80 Å². The number of hydrogen-bond acceptors (Lipinski definition) is 2. The molecule has 0 amide bonds. The standard InChI is InChI=1S/C16H22ClFN2/c17-12-14-15(18)6-3-7-16(14)20-10-8-19(9-11-20)13-4-1-2-5-13/h3,6-7,13H,1-2,4-5,8-12H2. The highest BCUT2D eigenvalue weighted by molar-refractivity contribution is 6.17. The number of benzene rings is 1. The Kier molecular flexibility index (Phi) is 4.47. The van der Waals surface area contributed by atoms with E-state index in [9.17, 15) is 4.39 Å². The molecule has 4 heteroatoms. The van der Waals surface area contributed by atoms with Crippen LogP contribution in [0.15, 0.2) is 18.2 Å². The van der Waals surface area contributed by atoms with Crippen LogP contribution in [0.1, 0.15) is 31.2 Å². The van der Waals surface area contributed by atoms with Crippen molar-refractivity contribution in [2.75, 3.05) is 31.1 Å².